The van der Waals surface area contributed by atoms with Crippen molar-refractivity contribution in [2.45, 2.75) is 39.2 Å². The van der Waals surface area contributed by atoms with E-state index in [0.29, 0.717) is 13.0 Å². The quantitative estimate of drug-likeness (QED) is 0.706. The average molecular weight is 243 g/mol. The van der Waals surface area contributed by atoms with Gasteiger partial charge in [-0.3, -0.25) is 9.59 Å². The molecule has 0 aliphatic heterocycles. The molecule has 0 heterocycles. The Bertz CT molecular complexity index is 277. The summed E-state index contributed by atoms with van der Waals surface area (Å²) < 4.78 is 0. The maximum atomic E-state index is 12.1. The Morgan fingerprint density at radius 3 is 2.41 bits per heavy atom. The SMILES string of the molecule is CCCC(C)(N)C(=O)N(C)CC(C)C(=O)NC. The zero-order valence-corrected chi connectivity index (χ0v) is 11.5. The lowest BCUT2D eigenvalue weighted by Gasteiger charge is -2.30. The van der Waals surface area contributed by atoms with Crippen LogP contribution in [-0.2, 0) is 9.59 Å². The van der Waals surface area contributed by atoms with Gasteiger partial charge in [-0.25, -0.2) is 0 Å². The minimum Gasteiger partial charge on any atom is -0.359 e. The lowest BCUT2D eigenvalue weighted by atomic mass is 9.95. The number of carbonyl (C=O) groups excluding carboxylic acids is 2. The summed E-state index contributed by atoms with van der Waals surface area (Å²) in [6, 6.07) is 0. The molecule has 5 nitrogen and oxygen atoms in total. The maximum Gasteiger partial charge on any atom is 0.242 e. The van der Waals surface area contributed by atoms with Gasteiger partial charge in [0, 0.05) is 20.6 Å². The molecule has 0 saturated carbocycles. The van der Waals surface area contributed by atoms with Crippen molar-refractivity contribution in [2.75, 3.05) is 20.6 Å². The normalized spacial score (nSPS) is 15.9. The molecule has 5 heteroatoms. The Kier molecular flexibility index (Phi) is 6.16. The summed E-state index contributed by atoms with van der Waals surface area (Å²) >= 11 is 0. The molecule has 0 rings (SSSR count). The molecule has 0 radical (unpaired) electrons. The largest absolute Gasteiger partial charge is 0.359 e. The van der Waals surface area contributed by atoms with E-state index in [1.807, 2.05) is 6.92 Å². The Morgan fingerprint density at radius 2 is 2.00 bits per heavy atom. The van der Waals surface area contributed by atoms with Gasteiger partial charge < -0.3 is 16.0 Å². The topological polar surface area (TPSA) is 75.4 Å². The molecule has 3 N–H and O–H groups in total. The molecule has 0 bridgehead atoms. The number of nitrogens with zero attached hydrogens (tertiary/aromatic N) is 1. The van der Waals surface area contributed by atoms with E-state index in [1.165, 1.54) is 4.90 Å². The third-order valence-corrected chi connectivity index (χ3v) is 2.85. The molecule has 2 unspecified atom stereocenters. The highest BCUT2D eigenvalue weighted by Crippen LogP contribution is 2.13. The van der Waals surface area contributed by atoms with Crippen LogP contribution >= 0.6 is 0 Å². The molecule has 0 aromatic heterocycles. The zero-order valence-electron chi connectivity index (χ0n) is 11.5. The van der Waals surface area contributed by atoms with Crippen LogP contribution in [0.1, 0.15) is 33.6 Å². The van der Waals surface area contributed by atoms with Crippen molar-refractivity contribution in [1.82, 2.24) is 10.2 Å². The highest BCUT2D eigenvalue weighted by Gasteiger charge is 2.31. The van der Waals surface area contributed by atoms with Crippen LogP contribution in [0.5, 0.6) is 0 Å². The highest BCUT2D eigenvalue weighted by molar-refractivity contribution is 5.86. The van der Waals surface area contributed by atoms with Gasteiger partial charge in [-0.2, -0.15) is 0 Å². The minimum atomic E-state index is -0.841. The highest BCUT2D eigenvalue weighted by atomic mass is 16.2. The van der Waals surface area contributed by atoms with Crippen LogP contribution in [0.2, 0.25) is 0 Å². The van der Waals surface area contributed by atoms with E-state index in [2.05, 4.69) is 5.32 Å². The Hall–Kier alpha value is -1.10. The van der Waals surface area contributed by atoms with E-state index in [-0.39, 0.29) is 17.7 Å². The predicted molar refractivity (Wildman–Crippen MR) is 68.4 cm³/mol. The first-order chi connectivity index (χ1) is 7.76. The number of hydrogen-bond acceptors (Lipinski definition) is 3. The monoisotopic (exact) mass is 243 g/mol. The Labute approximate surface area is 104 Å². The zero-order chi connectivity index (χ0) is 13.6. The molecule has 0 aromatic rings. The molecule has 2 amide bonds. The molecule has 17 heavy (non-hydrogen) atoms. The van der Waals surface area contributed by atoms with E-state index in [0.717, 1.165) is 6.42 Å². The van der Waals surface area contributed by atoms with Crippen molar-refractivity contribution in [3.05, 3.63) is 0 Å². The summed E-state index contributed by atoms with van der Waals surface area (Å²) in [7, 11) is 3.27. The number of likely N-dealkylation sites (N-methyl/N-ethyl adjacent to an activating group) is 1. The van der Waals surface area contributed by atoms with E-state index in [4.69, 9.17) is 5.73 Å². The van der Waals surface area contributed by atoms with Crippen LogP contribution in [0.4, 0.5) is 0 Å². The van der Waals surface area contributed by atoms with Gasteiger partial charge in [0.15, 0.2) is 0 Å². The van der Waals surface area contributed by atoms with Crippen molar-refractivity contribution < 1.29 is 9.59 Å². The van der Waals surface area contributed by atoms with Crippen LogP contribution in [0, 0.1) is 5.92 Å². The summed E-state index contributed by atoms with van der Waals surface area (Å²) in [6.45, 7) is 5.90. The maximum absolute atomic E-state index is 12.1. The fourth-order valence-corrected chi connectivity index (χ4v) is 1.89. The van der Waals surface area contributed by atoms with Crippen molar-refractivity contribution in [1.29, 1.82) is 0 Å². The fourth-order valence-electron chi connectivity index (χ4n) is 1.89. The number of nitrogens with two attached hydrogens (primary N) is 1. The van der Waals surface area contributed by atoms with Crippen LogP contribution < -0.4 is 11.1 Å². The molecular weight excluding hydrogens is 218 g/mol. The molecular formula is C12H25N3O2. The van der Waals surface area contributed by atoms with Crippen LogP contribution in [-0.4, -0.2) is 42.9 Å². The molecule has 0 saturated heterocycles. The van der Waals surface area contributed by atoms with Crippen molar-refractivity contribution in [3.8, 4) is 0 Å². The Balaban J connectivity index is 4.46. The lowest BCUT2D eigenvalue weighted by Crippen LogP contribution is -2.53. The van der Waals surface area contributed by atoms with Gasteiger partial charge in [-0.1, -0.05) is 20.3 Å². The first-order valence-corrected chi connectivity index (χ1v) is 6.02. The van der Waals surface area contributed by atoms with Crippen molar-refractivity contribution >= 4 is 11.8 Å². The minimum absolute atomic E-state index is 0.0705. The van der Waals surface area contributed by atoms with Gasteiger partial charge in [0.2, 0.25) is 11.8 Å². The molecule has 0 fully saturated rings. The summed E-state index contributed by atoms with van der Waals surface area (Å²) in [6.07, 6.45) is 1.50. The van der Waals surface area contributed by atoms with Crippen LogP contribution in [0.15, 0.2) is 0 Å². The number of carbonyl (C=O) groups is 2. The van der Waals surface area contributed by atoms with E-state index < -0.39 is 5.54 Å². The smallest absolute Gasteiger partial charge is 0.242 e. The van der Waals surface area contributed by atoms with Gasteiger partial charge in [0.25, 0.3) is 0 Å². The van der Waals surface area contributed by atoms with Gasteiger partial charge >= 0.3 is 0 Å². The lowest BCUT2D eigenvalue weighted by molar-refractivity contribution is -0.136. The summed E-state index contributed by atoms with van der Waals surface area (Å²) in [4.78, 5) is 25.0. The van der Waals surface area contributed by atoms with Crippen LogP contribution in [0.25, 0.3) is 0 Å². The number of rotatable bonds is 6. The third kappa shape index (κ3) is 4.73. The number of amides is 2. The molecule has 0 aliphatic rings. The molecule has 0 aromatic carbocycles. The third-order valence-electron chi connectivity index (χ3n) is 2.85. The van der Waals surface area contributed by atoms with Crippen LogP contribution in [0.3, 0.4) is 0 Å². The standard InChI is InChI=1S/C12H25N3O2/c1-6-7-12(3,13)11(17)15(5)8-9(2)10(16)14-4/h9H,6-8,13H2,1-5H3,(H,14,16). The number of nitrogens with one attached hydrogen (secondary N) is 1. The fraction of sp³-hybridized carbons (Fsp3) is 0.833. The summed E-state index contributed by atoms with van der Waals surface area (Å²) in [5.74, 6) is -0.416. The number of hydrogen-bond donors (Lipinski definition) is 2. The molecule has 0 aliphatic carbocycles. The van der Waals surface area contributed by atoms with Crippen molar-refractivity contribution in [2.24, 2.45) is 11.7 Å². The first kappa shape index (κ1) is 15.9. The van der Waals surface area contributed by atoms with E-state index >= 15 is 0 Å². The molecule has 0 spiro atoms. The van der Waals surface area contributed by atoms with Crippen molar-refractivity contribution in [3.63, 3.8) is 0 Å². The van der Waals surface area contributed by atoms with Gasteiger partial charge in [-0.05, 0) is 13.3 Å². The Morgan fingerprint density at radius 1 is 1.47 bits per heavy atom. The second-order valence-corrected chi connectivity index (χ2v) is 4.87. The van der Waals surface area contributed by atoms with Gasteiger partial charge in [-0.15, -0.1) is 0 Å². The van der Waals surface area contributed by atoms with Gasteiger partial charge in [0.05, 0.1) is 11.5 Å². The second-order valence-electron chi connectivity index (χ2n) is 4.87. The molecule has 100 valence electrons. The van der Waals surface area contributed by atoms with Gasteiger partial charge in [0.1, 0.15) is 0 Å². The average Bonchev–Trinajstić information content (AvgIpc) is 2.26. The second kappa shape index (κ2) is 6.59. The van der Waals surface area contributed by atoms with E-state index in [1.54, 1.807) is 27.9 Å². The summed E-state index contributed by atoms with van der Waals surface area (Å²) in [5.41, 5.74) is 5.12. The first-order valence-electron chi connectivity index (χ1n) is 6.02. The predicted octanol–water partition coefficient (Wildman–Crippen LogP) is 0.344. The molecule has 2 atom stereocenters. The summed E-state index contributed by atoms with van der Waals surface area (Å²) in [5, 5.41) is 2.56. The van der Waals surface area contributed by atoms with E-state index in [9.17, 15) is 9.59 Å².